The fourth-order valence-electron chi connectivity index (χ4n) is 1.16. The van der Waals surface area contributed by atoms with E-state index < -0.39 is 0 Å². The molecule has 0 saturated carbocycles. The molecule has 1 unspecified atom stereocenters. The number of hydrogen-bond donors (Lipinski definition) is 1. The molecule has 72 valence electrons. The SMILES string of the molecule is Cc1cnc(C(N)c2cccs2)nc1. The van der Waals surface area contributed by atoms with E-state index in [1.807, 2.05) is 24.4 Å². The predicted molar refractivity (Wildman–Crippen MR) is 57.1 cm³/mol. The molecule has 2 rings (SSSR count). The van der Waals surface area contributed by atoms with Crippen LogP contribution in [-0.4, -0.2) is 9.97 Å². The highest BCUT2D eigenvalue weighted by atomic mass is 32.1. The summed E-state index contributed by atoms with van der Waals surface area (Å²) in [6.45, 7) is 1.96. The molecule has 1 atom stereocenters. The number of aryl methyl sites for hydroxylation is 1. The molecular weight excluding hydrogens is 194 g/mol. The number of hydrogen-bond acceptors (Lipinski definition) is 4. The van der Waals surface area contributed by atoms with E-state index in [1.165, 1.54) is 0 Å². The van der Waals surface area contributed by atoms with Gasteiger partial charge in [0.25, 0.3) is 0 Å². The summed E-state index contributed by atoms with van der Waals surface area (Å²) in [5.74, 6) is 0.679. The van der Waals surface area contributed by atoms with Crippen molar-refractivity contribution < 1.29 is 0 Å². The van der Waals surface area contributed by atoms with Gasteiger partial charge in [0.15, 0.2) is 0 Å². The molecule has 0 bridgehead atoms. The van der Waals surface area contributed by atoms with E-state index in [0.717, 1.165) is 10.4 Å². The van der Waals surface area contributed by atoms with Crippen molar-refractivity contribution in [3.8, 4) is 0 Å². The van der Waals surface area contributed by atoms with Crippen molar-refractivity contribution in [2.75, 3.05) is 0 Å². The molecular formula is C10H11N3S. The zero-order valence-corrected chi connectivity index (χ0v) is 8.66. The lowest BCUT2D eigenvalue weighted by Gasteiger charge is -2.07. The first-order chi connectivity index (χ1) is 6.77. The van der Waals surface area contributed by atoms with Crippen molar-refractivity contribution in [3.05, 3.63) is 46.2 Å². The van der Waals surface area contributed by atoms with Crippen LogP contribution < -0.4 is 5.73 Å². The average molecular weight is 205 g/mol. The van der Waals surface area contributed by atoms with Gasteiger partial charge in [-0.1, -0.05) is 6.07 Å². The van der Waals surface area contributed by atoms with Crippen LogP contribution in [0.4, 0.5) is 0 Å². The number of thiophene rings is 1. The second-order valence-electron chi connectivity index (χ2n) is 3.11. The van der Waals surface area contributed by atoms with Crippen LogP contribution in [0.15, 0.2) is 29.9 Å². The number of nitrogens with two attached hydrogens (primary N) is 1. The highest BCUT2D eigenvalue weighted by Gasteiger charge is 2.11. The molecule has 3 nitrogen and oxygen atoms in total. The maximum atomic E-state index is 6.00. The second-order valence-corrected chi connectivity index (χ2v) is 4.09. The minimum Gasteiger partial charge on any atom is -0.317 e. The van der Waals surface area contributed by atoms with E-state index in [0.29, 0.717) is 5.82 Å². The van der Waals surface area contributed by atoms with Crippen molar-refractivity contribution in [1.82, 2.24) is 9.97 Å². The minimum absolute atomic E-state index is 0.199. The van der Waals surface area contributed by atoms with Gasteiger partial charge < -0.3 is 5.73 Å². The summed E-state index contributed by atoms with van der Waals surface area (Å²) in [7, 11) is 0. The second kappa shape index (κ2) is 3.86. The standard InChI is InChI=1S/C10H11N3S/c1-7-5-12-10(13-6-7)9(11)8-3-2-4-14-8/h2-6,9H,11H2,1H3. The molecule has 2 heterocycles. The lowest BCUT2D eigenvalue weighted by Crippen LogP contribution is -2.13. The van der Waals surface area contributed by atoms with Crippen molar-refractivity contribution >= 4 is 11.3 Å². The van der Waals surface area contributed by atoms with Crippen LogP contribution >= 0.6 is 11.3 Å². The lowest BCUT2D eigenvalue weighted by molar-refractivity contribution is 0.791. The molecule has 0 aliphatic heterocycles. The number of rotatable bonds is 2. The summed E-state index contributed by atoms with van der Waals surface area (Å²) >= 11 is 1.63. The highest BCUT2D eigenvalue weighted by Crippen LogP contribution is 2.20. The van der Waals surface area contributed by atoms with E-state index in [4.69, 9.17) is 5.73 Å². The maximum absolute atomic E-state index is 6.00. The fourth-order valence-corrected chi connectivity index (χ4v) is 1.88. The third-order valence-electron chi connectivity index (χ3n) is 1.93. The van der Waals surface area contributed by atoms with Crippen LogP contribution in [-0.2, 0) is 0 Å². The van der Waals surface area contributed by atoms with Crippen molar-refractivity contribution in [2.45, 2.75) is 13.0 Å². The summed E-state index contributed by atoms with van der Waals surface area (Å²) in [5.41, 5.74) is 7.04. The predicted octanol–water partition coefficient (Wildman–Crippen LogP) is 1.89. The van der Waals surface area contributed by atoms with Gasteiger partial charge in [0, 0.05) is 17.3 Å². The van der Waals surface area contributed by atoms with Crippen LogP contribution in [0.5, 0.6) is 0 Å². The molecule has 0 radical (unpaired) electrons. The van der Waals surface area contributed by atoms with E-state index >= 15 is 0 Å². The normalized spacial score (nSPS) is 12.7. The molecule has 0 fully saturated rings. The van der Waals surface area contributed by atoms with Gasteiger partial charge in [0.05, 0.1) is 6.04 Å². The van der Waals surface area contributed by atoms with Crippen LogP contribution in [0.25, 0.3) is 0 Å². The van der Waals surface area contributed by atoms with E-state index in [9.17, 15) is 0 Å². The van der Waals surface area contributed by atoms with E-state index in [1.54, 1.807) is 23.7 Å². The molecule has 4 heteroatoms. The smallest absolute Gasteiger partial charge is 0.150 e. The molecule has 0 aliphatic carbocycles. The van der Waals surface area contributed by atoms with Crippen LogP contribution in [0.3, 0.4) is 0 Å². The number of nitrogens with zero attached hydrogens (tertiary/aromatic N) is 2. The summed E-state index contributed by atoms with van der Waals surface area (Å²) < 4.78 is 0. The number of aromatic nitrogens is 2. The van der Waals surface area contributed by atoms with Gasteiger partial charge in [-0.05, 0) is 23.9 Å². The Morgan fingerprint density at radius 1 is 1.36 bits per heavy atom. The zero-order chi connectivity index (χ0) is 9.97. The molecule has 14 heavy (non-hydrogen) atoms. The Morgan fingerprint density at radius 2 is 2.07 bits per heavy atom. The Kier molecular flexibility index (Phi) is 2.56. The van der Waals surface area contributed by atoms with Gasteiger partial charge in [-0.2, -0.15) is 0 Å². The third kappa shape index (κ3) is 1.81. The summed E-state index contributed by atoms with van der Waals surface area (Å²) in [6, 6.07) is 3.78. The molecule has 2 N–H and O–H groups in total. The van der Waals surface area contributed by atoms with E-state index in [-0.39, 0.29) is 6.04 Å². The van der Waals surface area contributed by atoms with Gasteiger partial charge in [0.1, 0.15) is 5.82 Å². The van der Waals surface area contributed by atoms with Crippen LogP contribution in [0.2, 0.25) is 0 Å². The van der Waals surface area contributed by atoms with Crippen molar-refractivity contribution in [2.24, 2.45) is 5.73 Å². The third-order valence-corrected chi connectivity index (χ3v) is 2.88. The van der Waals surface area contributed by atoms with Gasteiger partial charge in [-0.3, -0.25) is 0 Å². The van der Waals surface area contributed by atoms with Crippen LogP contribution in [0, 0.1) is 6.92 Å². The van der Waals surface area contributed by atoms with Gasteiger partial charge in [0.2, 0.25) is 0 Å². The molecule has 0 saturated heterocycles. The lowest BCUT2D eigenvalue weighted by atomic mass is 10.2. The van der Waals surface area contributed by atoms with Crippen molar-refractivity contribution in [3.63, 3.8) is 0 Å². The van der Waals surface area contributed by atoms with Crippen molar-refractivity contribution in [1.29, 1.82) is 0 Å². The Labute approximate surface area is 86.6 Å². The summed E-state index contributed by atoms with van der Waals surface area (Å²) in [5, 5.41) is 2.00. The molecule has 0 amide bonds. The monoisotopic (exact) mass is 205 g/mol. The van der Waals surface area contributed by atoms with E-state index in [2.05, 4.69) is 9.97 Å². The Hall–Kier alpha value is -1.26. The first-order valence-electron chi connectivity index (χ1n) is 4.35. The quantitative estimate of drug-likeness (QED) is 0.814. The summed E-state index contributed by atoms with van der Waals surface area (Å²) in [4.78, 5) is 9.50. The average Bonchev–Trinajstić information content (AvgIpc) is 2.71. The molecule has 2 aromatic heterocycles. The Balaban J connectivity index is 2.28. The zero-order valence-electron chi connectivity index (χ0n) is 7.84. The largest absolute Gasteiger partial charge is 0.317 e. The fraction of sp³-hybridized carbons (Fsp3) is 0.200. The molecule has 0 aromatic carbocycles. The Bertz CT molecular complexity index is 394. The Morgan fingerprint density at radius 3 is 2.64 bits per heavy atom. The molecule has 2 aromatic rings. The molecule has 0 aliphatic rings. The van der Waals surface area contributed by atoms with Gasteiger partial charge in [-0.15, -0.1) is 11.3 Å². The summed E-state index contributed by atoms with van der Waals surface area (Å²) in [6.07, 6.45) is 3.58. The molecule has 0 spiro atoms. The first-order valence-corrected chi connectivity index (χ1v) is 5.23. The minimum atomic E-state index is -0.199. The van der Waals surface area contributed by atoms with Gasteiger partial charge in [-0.25, -0.2) is 9.97 Å². The first kappa shape index (κ1) is 9.30. The topological polar surface area (TPSA) is 51.8 Å². The highest BCUT2D eigenvalue weighted by molar-refractivity contribution is 7.10. The van der Waals surface area contributed by atoms with Crippen LogP contribution in [0.1, 0.15) is 22.3 Å². The van der Waals surface area contributed by atoms with Gasteiger partial charge >= 0.3 is 0 Å². The maximum Gasteiger partial charge on any atom is 0.150 e.